The Hall–Kier alpha value is -0.940. The van der Waals surface area contributed by atoms with Gasteiger partial charge in [0.15, 0.2) is 0 Å². The molecule has 0 aromatic heterocycles. The lowest BCUT2D eigenvalue weighted by atomic mass is 9.82. The predicted molar refractivity (Wildman–Crippen MR) is 71.8 cm³/mol. The third-order valence-corrected chi connectivity index (χ3v) is 4.29. The number of benzene rings is 1. The highest BCUT2D eigenvalue weighted by Gasteiger charge is 2.48. The third kappa shape index (κ3) is 2.67. The van der Waals surface area contributed by atoms with Gasteiger partial charge in [-0.15, -0.1) is 0 Å². The molecule has 3 rings (SSSR count). The minimum Gasteiger partial charge on any atom is -0.390 e. The van der Waals surface area contributed by atoms with E-state index in [9.17, 15) is 10.2 Å². The number of aliphatic hydroxyl groups is 2. The molecule has 1 heterocycles. The lowest BCUT2D eigenvalue weighted by Gasteiger charge is -2.35. The summed E-state index contributed by atoms with van der Waals surface area (Å²) in [4.78, 5) is 0. The summed E-state index contributed by atoms with van der Waals surface area (Å²) in [6, 6.07) is 10.3. The molecule has 104 valence electrons. The van der Waals surface area contributed by atoms with Crippen molar-refractivity contribution in [3.05, 3.63) is 35.9 Å². The molecular weight excluding hydrogens is 242 g/mol. The molecule has 4 nitrogen and oxygen atoms in total. The third-order valence-electron chi connectivity index (χ3n) is 4.29. The van der Waals surface area contributed by atoms with Gasteiger partial charge in [-0.1, -0.05) is 30.3 Å². The van der Waals surface area contributed by atoms with Crippen LogP contribution in [0.15, 0.2) is 30.3 Å². The van der Waals surface area contributed by atoms with Crippen LogP contribution in [0.3, 0.4) is 0 Å². The van der Waals surface area contributed by atoms with E-state index in [1.807, 2.05) is 18.2 Å². The smallest absolute Gasteiger partial charge is 0.111 e. The Kier molecular flexibility index (Phi) is 3.84. The molecule has 5 atom stereocenters. The zero-order valence-electron chi connectivity index (χ0n) is 10.9. The Morgan fingerprint density at radius 1 is 1.16 bits per heavy atom. The Morgan fingerprint density at radius 3 is 2.74 bits per heavy atom. The molecule has 0 unspecified atom stereocenters. The minimum absolute atomic E-state index is 0.0320. The van der Waals surface area contributed by atoms with E-state index in [2.05, 4.69) is 17.4 Å². The van der Waals surface area contributed by atoms with E-state index in [0.29, 0.717) is 6.61 Å². The van der Waals surface area contributed by atoms with Gasteiger partial charge in [-0.25, -0.2) is 0 Å². The van der Waals surface area contributed by atoms with Crippen molar-refractivity contribution in [2.45, 2.75) is 37.2 Å². The van der Waals surface area contributed by atoms with E-state index in [4.69, 9.17) is 4.74 Å². The van der Waals surface area contributed by atoms with Crippen molar-refractivity contribution >= 4 is 0 Å². The van der Waals surface area contributed by atoms with Gasteiger partial charge in [-0.3, -0.25) is 0 Å². The fourth-order valence-electron chi connectivity index (χ4n) is 3.15. The standard InChI is InChI=1S/C15H21NO3/c17-13-11-8-12(14(18)15(13)19-9-11)16-7-6-10-4-2-1-3-5-10/h1-5,11-18H,6-9H2/t11-,12-,13-,14+,15-/m1/s1. The van der Waals surface area contributed by atoms with E-state index < -0.39 is 18.3 Å². The summed E-state index contributed by atoms with van der Waals surface area (Å²) in [6.07, 6.45) is 0.218. The van der Waals surface area contributed by atoms with Gasteiger partial charge in [0.2, 0.25) is 0 Å². The number of rotatable bonds is 4. The molecule has 0 radical (unpaired) electrons. The SMILES string of the molecule is O[C@@H]1[C@H]2CO[C@H]1[C@@H](O)[C@H](NCCc1ccccc1)C2. The molecule has 1 aliphatic carbocycles. The summed E-state index contributed by atoms with van der Waals surface area (Å²) in [7, 11) is 0. The van der Waals surface area contributed by atoms with Crippen LogP contribution in [0.25, 0.3) is 0 Å². The number of ether oxygens (including phenoxy) is 1. The number of aliphatic hydroxyl groups excluding tert-OH is 2. The first-order valence-electron chi connectivity index (χ1n) is 7.01. The molecule has 1 saturated carbocycles. The Balaban J connectivity index is 1.51. The molecule has 0 amide bonds. The second kappa shape index (κ2) is 5.59. The van der Waals surface area contributed by atoms with E-state index in [0.717, 1.165) is 19.4 Å². The fraction of sp³-hybridized carbons (Fsp3) is 0.600. The monoisotopic (exact) mass is 263 g/mol. The highest BCUT2D eigenvalue weighted by Crippen LogP contribution is 2.34. The van der Waals surface area contributed by atoms with Gasteiger partial charge in [-0.2, -0.15) is 0 Å². The summed E-state index contributed by atoms with van der Waals surface area (Å²) in [5.74, 6) is 0.169. The van der Waals surface area contributed by atoms with E-state index in [-0.39, 0.29) is 12.0 Å². The average Bonchev–Trinajstić information content (AvgIpc) is 2.70. The van der Waals surface area contributed by atoms with Gasteiger partial charge < -0.3 is 20.3 Å². The second-order valence-corrected chi connectivity index (χ2v) is 5.57. The first kappa shape index (κ1) is 13.1. The van der Waals surface area contributed by atoms with Crippen molar-refractivity contribution < 1.29 is 14.9 Å². The van der Waals surface area contributed by atoms with Crippen LogP contribution in [0.1, 0.15) is 12.0 Å². The predicted octanol–water partition coefficient (Wildman–Crippen LogP) is 0.328. The minimum atomic E-state index is -0.607. The lowest BCUT2D eigenvalue weighted by molar-refractivity contribution is -0.0754. The van der Waals surface area contributed by atoms with Crippen molar-refractivity contribution in [1.29, 1.82) is 0 Å². The average molecular weight is 263 g/mol. The topological polar surface area (TPSA) is 61.7 Å². The van der Waals surface area contributed by atoms with Gasteiger partial charge in [0.1, 0.15) is 6.10 Å². The second-order valence-electron chi connectivity index (χ2n) is 5.57. The quantitative estimate of drug-likeness (QED) is 0.732. The van der Waals surface area contributed by atoms with Crippen LogP contribution >= 0.6 is 0 Å². The van der Waals surface area contributed by atoms with Crippen molar-refractivity contribution in [1.82, 2.24) is 5.32 Å². The Bertz CT molecular complexity index is 411. The van der Waals surface area contributed by atoms with Gasteiger partial charge in [0.05, 0.1) is 18.8 Å². The van der Waals surface area contributed by atoms with E-state index in [1.165, 1.54) is 5.56 Å². The molecule has 1 aliphatic heterocycles. The first-order valence-corrected chi connectivity index (χ1v) is 7.01. The lowest BCUT2D eigenvalue weighted by Crippen LogP contribution is -2.55. The molecule has 2 bridgehead atoms. The van der Waals surface area contributed by atoms with Crippen LogP contribution in [-0.4, -0.2) is 47.7 Å². The molecule has 4 heteroatoms. The molecular formula is C15H21NO3. The number of hydrogen-bond acceptors (Lipinski definition) is 4. The van der Waals surface area contributed by atoms with Crippen molar-refractivity contribution in [2.24, 2.45) is 5.92 Å². The maximum atomic E-state index is 10.2. The zero-order chi connectivity index (χ0) is 13.2. The summed E-state index contributed by atoms with van der Waals surface area (Å²) >= 11 is 0. The molecule has 19 heavy (non-hydrogen) atoms. The molecule has 0 spiro atoms. The molecule has 2 aliphatic rings. The van der Waals surface area contributed by atoms with Gasteiger partial charge >= 0.3 is 0 Å². The van der Waals surface area contributed by atoms with E-state index >= 15 is 0 Å². The van der Waals surface area contributed by atoms with Crippen LogP contribution in [0.2, 0.25) is 0 Å². The Labute approximate surface area is 113 Å². The van der Waals surface area contributed by atoms with E-state index in [1.54, 1.807) is 0 Å². The van der Waals surface area contributed by atoms with Crippen LogP contribution < -0.4 is 5.32 Å². The highest BCUT2D eigenvalue weighted by atomic mass is 16.5. The molecule has 1 aromatic rings. The Morgan fingerprint density at radius 2 is 1.95 bits per heavy atom. The summed E-state index contributed by atoms with van der Waals surface area (Å²) in [5.41, 5.74) is 1.29. The largest absolute Gasteiger partial charge is 0.390 e. The summed E-state index contributed by atoms with van der Waals surface area (Å²) in [5, 5.41) is 23.5. The molecule has 1 saturated heterocycles. The number of nitrogens with one attached hydrogen (secondary N) is 1. The first-order chi connectivity index (χ1) is 9.25. The zero-order valence-corrected chi connectivity index (χ0v) is 10.9. The van der Waals surface area contributed by atoms with Gasteiger partial charge in [0.25, 0.3) is 0 Å². The van der Waals surface area contributed by atoms with Gasteiger partial charge in [-0.05, 0) is 24.9 Å². The normalized spacial score (nSPS) is 37.5. The fourth-order valence-corrected chi connectivity index (χ4v) is 3.15. The van der Waals surface area contributed by atoms with Crippen molar-refractivity contribution in [3.63, 3.8) is 0 Å². The summed E-state index contributed by atoms with van der Waals surface area (Å²) in [6.45, 7) is 1.40. The number of fused-ring (bicyclic) bond motifs is 2. The highest BCUT2D eigenvalue weighted by molar-refractivity contribution is 5.15. The van der Waals surface area contributed by atoms with Crippen LogP contribution in [0.5, 0.6) is 0 Å². The summed E-state index contributed by atoms with van der Waals surface area (Å²) < 4.78 is 5.46. The number of hydrogen-bond donors (Lipinski definition) is 3. The molecule has 1 aromatic carbocycles. The van der Waals surface area contributed by atoms with Crippen molar-refractivity contribution in [3.8, 4) is 0 Å². The van der Waals surface area contributed by atoms with Crippen LogP contribution in [0, 0.1) is 5.92 Å². The van der Waals surface area contributed by atoms with Gasteiger partial charge in [0, 0.05) is 12.0 Å². The maximum Gasteiger partial charge on any atom is 0.111 e. The van der Waals surface area contributed by atoms with Crippen LogP contribution in [0.4, 0.5) is 0 Å². The van der Waals surface area contributed by atoms with Crippen molar-refractivity contribution in [2.75, 3.05) is 13.2 Å². The maximum absolute atomic E-state index is 10.2. The van der Waals surface area contributed by atoms with Crippen LogP contribution in [-0.2, 0) is 11.2 Å². The molecule has 3 N–H and O–H groups in total. The molecule has 2 fully saturated rings.